The monoisotopic (exact) mass is 384 g/mol. The molecule has 0 aliphatic carbocycles. The minimum absolute atomic E-state index is 0.0386. The van der Waals surface area contributed by atoms with Crippen molar-refractivity contribution in [3.8, 4) is 0 Å². The van der Waals surface area contributed by atoms with Gasteiger partial charge in [-0.1, -0.05) is 6.07 Å². The van der Waals surface area contributed by atoms with Crippen LogP contribution in [0.25, 0.3) is 0 Å². The van der Waals surface area contributed by atoms with E-state index in [0.29, 0.717) is 13.1 Å². The van der Waals surface area contributed by atoms with Gasteiger partial charge in [-0.15, -0.1) is 0 Å². The average Bonchev–Trinajstić information content (AvgIpc) is 3.01. The molecule has 0 spiro atoms. The van der Waals surface area contributed by atoms with Crippen molar-refractivity contribution in [1.29, 1.82) is 5.41 Å². The molecule has 0 bridgehead atoms. The fourth-order valence-corrected chi connectivity index (χ4v) is 2.60. The first-order chi connectivity index (χ1) is 12.9. The Bertz CT molecular complexity index is 715. The van der Waals surface area contributed by atoms with Gasteiger partial charge < -0.3 is 25.7 Å². The van der Waals surface area contributed by atoms with Crippen molar-refractivity contribution in [3.05, 3.63) is 41.5 Å². The van der Waals surface area contributed by atoms with E-state index < -0.39 is 24.4 Å². The molecule has 27 heavy (non-hydrogen) atoms. The molecule has 1 unspecified atom stereocenters. The highest BCUT2D eigenvalue weighted by Crippen LogP contribution is 2.17. The Balaban J connectivity index is 2.14. The highest BCUT2D eigenvalue weighted by atomic mass is 19.3. The van der Waals surface area contributed by atoms with Crippen molar-refractivity contribution in [2.24, 2.45) is 0 Å². The molecule has 1 amide bonds. The first kappa shape index (κ1) is 20.7. The zero-order valence-electron chi connectivity index (χ0n) is 14.7. The zero-order valence-corrected chi connectivity index (χ0v) is 14.7. The molecule has 2 rings (SSSR count). The van der Waals surface area contributed by atoms with Crippen LogP contribution in [0.4, 0.5) is 8.78 Å². The number of halogens is 2. The molecular weight excluding hydrogens is 362 g/mol. The smallest absolute Gasteiger partial charge is 0.280 e. The maximum absolute atomic E-state index is 12.8. The highest BCUT2D eigenvalue weighted by molar-refractivity contribution is 6.03. The maximum Gasteiger partial charge on any atom is 0.280 e. The van der Waals surface area contributed by atoms with Gasteiger partial charge in [-0.3, -0.25) is 15.1 Å². The molecule has 11 heteroatoms. The minimum Gasteiger partial charge on any atom is -0.395 e. The molecule has 1 atom stereocenters. The quantitative estimate of drug-likeness (QED) is 0.322. The van der Waals surface area contributed by atoms with Gasteiger partial charge in [0.2, 0.25) is 0 Å². The number of β-amino-alcohol motifs (C(OH)–C–C–N with tert-alkyl or cyclic N) is 1. The number of aromatic nitrogens is 1. The number of hydrogen-bond acceptors (Lipinski definition) is 7. The summed E-state index contributed by atoms with van der Waals surface area (Å²) in [5, 5.41) is 32.7. The third-order valence-corrected chi connectivity index (χ3v) is 3.93. The van der Waals surface area contributed by atoms with Crippen LogP contribution in [0.15, 0.2) is 30.1 Å². The Labute approximate surface area is 154 Å². The molecule has 1 fully saturated rings. The molecule has 5 N–H and O–H groups in total. The van der Waals surface area contributed by atoms with Crippen LogP contribution in [0, 0.1) is 5.41 Å². The second-order valence-corrected chi connectivity index (χ2v) is 5.70. The van der Waals surface area contributed by atoms with E-state index in [1.165, 1.54) is 23.2 Å². The van der Waals surface area contributed by atoms with E-state index in [4.69, 9.17) is 10.5 Å². The van der Waals surface area contributed by atoms with E-state index in [1.54, 1.807) is 11.9 Å². The summed E-state index contributed by atoms with van der Waals surface area (Å²) in [7, 11) is 1.56. The summed E-state index contributed by atoms with van der Waals surface area (Å²) < 4.78 is 25.5. The number of pyridine rings is 1. The second kappa shape index (κ2) is 9.35. The molecule has 0 radical (unpaired) electrons. The number of rotatable bonds is 7. The van der Waals surface area contributed by atoms with E-state index in [2.05, 4.69) is 15.6 Å². The van der Waals surface area contributed by atoms with Crippen molar-refractivity contribution < 1.29 is 23.8 Å². The van der Waals surface area contributed by atoms with Gasteiger partial charge in [0.15, 0.2) is 6.35 Å². The summed E-state index contributed by atoms with van der Waals surface area (Å²) in [6, 6.07) is 3.70. The molecule has 2 heterocycles. The van der Waals surface area contributed by atoms with Gasteiger partial charge in [0.1, 0.15) is 17.2 Å². The maximum atomic E-state index is 12.8. The fraction of sp³-hybridized carbons (Fsp3) is 0.438. The molecule has 1 aliphatic rings. The van der Waals surface area contributed by atoms with E-state index >= 15 is 0 Å². The highest BCUT2D eigenvalue weighted by Gasteiger charge is 2.33. The largest absolute Gasteiger partial charge is 0.395 e. The fourth-order valence-electron chi connectivity index (χ4n) is 2.60. The third-order valence-electron chi connectivity index (χ3n) is 3.93. The van der Waals surface area contributed by atoms with Crippen LogP contribution in [0.5, 0.6) is 0 Å². The van der Waals surface area contributed by atoms with Crippen LogP contribution in [-0.2, 0) is 0 Å². The van der Waals surface area contributed by atoms with Gasteiger partial charge in [-0.25, -0.2) is 13.8 Å². The van der Waals surface area contributed by atoms with Crippen molar-refractivity contribution in [2.75, 3.05) is 33.3 Å². The molecule has 1 saturated heterocycles. The van der Waals surface area contributed by atoms with Gasteiger partial charge in [0, 0.05) is 32.9 Å². The van der Waals surface area contributed by atoms with Crippen molar-refractivity contribution >= 4 is 11.7 Å². The Hall–Kier alpha value is -2.63. The lowest BCUT2D eigenvalue weighted by Gasteiger charge is -2.27. The molecule has 9 nitrogen and oxygen atoms in total. The number of carbonyl (C=O) groups is 1. The Kier molecular flexibility index (Phi) is 7.16. The Morgan fingerprint density at radius 1 is 1.48 bits per heavy atom. The number of alkyl halides is 2. The molecule has 1 aliphatic heterocycles. The van der Waals surface area contributed by atoms with Gasteiger partial charge in [-0.05, 0) is 12.1 Å². The SMILES string of the molecule is CN/C=C(/NC(=O)c1cccc(C(F)F)n1)C(=N)N1CCN(CCO)C1O. The van der Waals surface area contributed by atoms with Gasteiger partial charge >= 0.3 is 0 Å². The van der Waals surface area contributed by atoms with Crippen LogP contribution >= 0.6 is 0 Å². The Morgan fingerprint density at radius 2 is 2.22 bits per heavy atom. The van der Waals surface area contributed by atoms with Crippen molar-refractivity contribution in [1.82, 2.24) is 25.4 Å². The summed E-state index contributed by atoms with van der Waals surface area (Å²) in [6.45, 7) is 0.853. The zero-order chi connectivity index (χ0) is 20.0. The lowest BCUT2D eigenvalue weighted by atomic mass is 10.2. The van der Waals surface area contributed by atoms with Crippen LogP contribution < -0.4 is 10.6 Å². The summed E-state index contributed by atoms with van der Waals surface area (Å²) in [5.74, 6) is -0.930. The number of hydrogen-bond donors (Lipinski definition) is 5. The molecule has 0 aromatic carbocycles. The van der Waals surface area contributed by atoms with Gasteiger partial charge in [0.25, 0.3) is 12.3 Å². The van der Waals surface area contributed by atoms with E-state index in [9.17, 15) is 18.7 Å². The number of nitrogens with zero attached hydrogens (tertiary/aromatic N) is 3. The van der Waals surface area contributed by atoms with Crippen LogP contribution in [0.1, 0.15) is 22.6 Å². The molecule has 148 valence electrons. The minimum atomic E-state index is -2.80. The standard InChI is InChI=1S/C16H22F2N6O3/c1-20-9-12(14(19)24-6-5-23(7-8-25)16(24)27)22-15(26)11-4-2-3-10(21-11)13(17)18/h2-4,9,13,16,19-20,25,27H,5-8H2,1H3,(H,22,26)/b12-9+,19-14?. The summed E-state index contributed by atoms with van der Waals surface area (Å²) in [6.07, 6.45) is -2.58. The van der Waals surface area contributed by atoms with E-state index in [-0.39, 0.29) is 30.4 Å². The lowest BCUT2D eigenvalue weighted by Crippen LogP contribution is -2.45. The second-order valence-electron chi connectivity index (χ2n) is 5.70. The normalized spacial score (nSPS) is 18.1. The predicted octanol–water partition coefficient (Wildman–Crippen LogP) is -0.327. The first-order valence-corrected chi connectivity index (χ1v) is 8.21. The van der Waals surface area contributed by atoms with Crippen molar-refractivity contribution in [2.45, 2.75) is 12.8 Å². The summed E-state index contributed by atoms with van der Waals surface area (Å²) >= 11 is 0. The van der Waals surface area contributed by atoms with Crippen molar-refractivity contribution in [3.63, 3.8) is 0 Å². The topological polar surface area (TPSA) is 125 Å². The Morgan fingerprint density at radius 3 is 2.85 bits per heavy atom. The lowest BCUT2D eigenvalue weighted by molar-refractivity contribution is -0.0329. The molecule has 1 aromatic rings. The number of amides is 1. The number of amidine groups is 1. The molecule has 1 aromatic heterocycles. The molecular formula is C16H22F2N6O3. The molecule has 0 saturated carbocycles. The average molecular weight is 384 g/mol. The third kappa shape index (κ3) is 4.96. The van der Waals surface area contributed by atoms with E-state index in [1.807, 2.05) is 0 Å². The summed E-state index contributed by atoms with van der Waals surface area (Å²) in [5.41, 5.74) is -0.699. The number of carbonyl (C=O) groups excluding carboxylic acids is 1. The predicted molar refractivity (Wildman–Crippen MR) is 92.9 cm³/mol. The first-order valence-electron chi connectivity index (χ1n) is 8.21. The van der Waals surface area contributed by atoms with Gasteiger partial charge in [-0.2, -0.15) is 0 Å². The van der Waals surface area contributed by atoms with Crippen LogP contribution in [0.2, 0.25) is 0 Å². The van der Waals surface area contributed by atoms with Gasteiger partial charge in [0.05, 0.1) is 12.3 Å². The van der Waals surface area contributed by atoms with Crippen LogP contribution in [-0.4, -0.2) is 76.4 Å². The van der Waals surface area contributed by atoms with E-state index in [0.717, 1.165) is 6.07 Å². The number of aliphatic hydroxyl groups is 2. The van der Waals surface area contributed by atoms with Crippen LogP contribution in [0.3, 0.4) is 0 Å². The number of aliphatic hydroxyl groups excluding tert-OH is 2. The number of nitrogens with one attached hydrogen (secondary N) is 3. The summed E-state index contributed by atoms with van der Waals surface area (Å²) in [4.78, 5) is 18.9.